The molecule has 1 aromatic carbocycles. The van der Waals surface area contributed by atoms with Crippen molar-refractivity contribution < 1.29 is 8.78 Å². The van der Waals surface area contributed by atoms with E-state index < -0.39 is 17.1 Å². The highest BCUT2D eigenvalue weighted by atomic mass is 19.1. The van der Waals surface area contributed by atoms with E-state index in [-0.39, 0.29) is 5.56 Å². The molecule has 0 fully saturated rings. The third kappa shape index (κ3) is 1.32. The van der Waals surface area contributed by atoms with Gasteiger partial charge in [-0.25, -0.2) is 8.78 Å². The predicted molar refractivity (Wildman–Crippen MR) is 41.8 cm³/mol. The Morgan fingerprint density at radius 2 is 2.00 bits per heavy atom. The lowest BCUT2D eigenvalue weighted by Crippen LogP contribution is -2.14. The summed E-state index contributed by atoms with van der Waals surface area (Å²) >= 11 is 0. The number of rotatable bonds is 1. The van der Waals surface area contributed by atoms with Crippen LogP contribution in [0.4, 0.5) is 8.78 Å². The van der Waals surface area contributed by atoms with Crippen LogP contribution in [-0.4, -0.2) is 7.85 Å². The van der Waals surface area contributed by atoms with E-state index in [4.69, 9.17) is 7.85 Å². The minimum atomic E-state index is -0.750. The van der Waals surface area contributed by atoms with Crippen LogP contribution < -0.4 is 5.46 Å². The highest BCUT2D eigenvalue weighted by molar-refractivity contribution is 6.32. The van der Waals surface area contributed by atoms with Crippen molar-refractivity contribution in [2.75, 3.05) is 0 Å². The molecule has 0 aliphatic heterocycles. The molecule has 0 atom stereocenters. The normalized spacial score (nSPS) is 9.64. The van der Waals surface area contributed by atoms with Gasteiger partial charge in [-0.3, -0.25) is 0 Å². The van der Waals surface area contributed by atoms with Crippen LogP contribution in [0.25, 0.3) is 6.08 Å². The number of hydrogen-bond acceptors (Lipinski definition) is 0. The average molecular weight is 150 g/mol. The molecule has 0 unspecified atom stereocenters. The van der Waals surface area contributed by atoms with Gasteiger partial charge >= 0.3 is 0 Å². The van der Waals surface area contributed by atoms with Gasteiger partial charge in [0.05, 0.1) is 0 Å². The van der Waals surface area contributed by atoms with Crippen LogP contribution in [0, 0.1) is 11.6 Å². The second-order valence-corrected chi connectivity index (χ2v) is 2.07. The van der Waals surface area contributed by atoms with E-state index in [1.165, 1.54) is 12.1 Å². The van der Waals surface area contributed by atoms with Gasteiger partial charge in [0.15, 0.2) is 0 Å². The molecule has 54 valence electrons. The molecule has 3 heteroatoms. The van der Waals surface area contributed by atoms with Crippen molar-refractivity contribution in [3.05, 3.63) is 35.9 Å². The molecule has 2 radical (unpaired) electrons. The summed E-state index contributed by atoms with van der Waals surface area (Å²) in [4.78, 5) is 0. The van der Waals surface area contributed by atoms with E-state index in [0.717, 1.165) is 6.07 Å². The SMILES string of the molecule is [B]c1c(F)ccc(C=C)c1F. The van der Waals surface area contributed by atoms with Crippen molar-refractivity contribution in [1.82, 2.24) is 0 Å². The van der Waals surface area contributed by atoms with Crippen molar-refractivity contribution in [2.24, 2.45) is 0 Å². The Morgan fingerprint density at radius 1 is 1.36 bits per heavy atom. The van der Waals surface area contributed by atoms with Gasteiger partial charge in [0.25, 0.3) is 0 Å². The van der Waals surface area contributed by atoms with Crippen LogP contribution in [0.15, 0.2) is 18.7 Å². The molecule has 0 aliphatic carbocycles. The minimum absolute atomic E-state index is 0.212. The molecule has 0 saturated carbocycles. The van der Waals surface area contributed by atoms with E-state index in [0.29, 0.717) is 0 Å². The predicted octanol–water partition coefficient (Wildman–Crippen LogP) is 1.40. The van der Waals surface area contributed by atoms with Crippen LogP contribution in [0.5, 0.6) is 0 Å². The second-order valence-electron chi connectivity index (χ2n) is 2.07. The maximum absolute atomic E-state index is 12.8. The molecule has 0 saturated heterocycles. The summed E-state index contributed by atoms with van der Waals surface area (Å²) in [6.45, 7) is 3.34. The Bertz CT molecular complexity index is 294. The maximum atomic E-state index is 12.8. The van der Waals surface area contributed by atoms with Crippen LogP contribution in [0.2, 0.25) is 0 Å². The largest absolute Gasteiger partial charge is 0.208 e. The first-order valence-corrected chi connectivity index (χ1v) is 3.02. The molecule has 0 nitrogen and oxygen atoms in total. The summed E-state index contributed by atoms with van der Waals surface area (Å²) in [7, 11) is 5.06. The minimum Gasteiger partial charge on any atom is -0.208 e. The summed E-state index contributed by atoms with van der Waals surface area (Å²) in [6.07, 6.45) is 1.28. The third-order valence-corrected chi connectivity index (χ3v) is 1.38. The van der Waals surface area contributed by atoms with Gasteiger partial charge in [0.2, 0.25) is 0 Å². The van der Waals surface area contributed by atoms with E-state index in [2.05, 4.69) is 6.58 Å². The first kappa shape index (κ1) is 7.99. The molecule has 0 heterocycles. The van der Waals surface area contributed by atoms with E-state index in [1.807, 2.05) is 0 Å². The van der Waals surface area contributed by atoms with Crippen LogP contribution in [0.3, 0.4) is 0 Å². The van der Waals surface area contributed by atoms with Crippen molar-refractivity contribution in [3.8, 4) is 0 Å². The van der Waals surface area contributed by atoms with Crippen molar-refractivity contribution in [2.45, 2.75) is 0 Å². The Balaban J connectivity index is 3.36. The van der Waals surface area contributed by atoms with Crippen LogP contribution in [-0.2, 0) is 0 Å². The molecular formula is C8H5BF2. The fourth-order valence-corrected chi connectivity index (χ4v) is 0.744. The van der Waals surface area contributed by atoms with Gasteiger partial charge < -0.3 is 0 Å². The van der Waals surface area contributed by atoms with E-state index in [1.54, 1.807) is 0 Å². The van der Waals surface area contributed by atoms with Crippen LogP contribution in [0.1, 0.15) is 5.56 Å². The van der Waals surface area contributed by atoms with Crippen LogP contribution >= 0.6 is 0 Å². The Kier molecular flexibility index (Phi) is 2.08. The fourth-order valence-electron chi connectivity index (χ4n) is 0.744. The molecule has 0 aromatic heterocycles. The zero-order chi connectivity index (χ0) is 8.43. The third-order valence-electron chi connectivity index (χ3n) is 1.38. The maximum Gasteiger partial charge on any atom is 0.126 e. The molecule has 0 N–H and O–H groups in total. The smallest absolute Gasteiger partial charge is 0.126 e. The molecule has 0 aliphatic rings. The first-order valence-electron chi connectivity index (χ1n) is 3.02. The Labute approximate surface area is 65.0 Å². The zero-order valence-electron chi connectivity index (χ0n) is 5.77. The summed E-state index contributed by atoms with van der Waals surface area (Å²) in [6, 6.07) is 2.39. The molecule has 0 amide bonds. The van der Waals surface area contributed by atoms with Gasteiger partial charge in [-0.2, -0.15) is 0 Å². The number of halogens is 2. The quantitative estimate of drug-likeness (QED) is 0.530. The number of benzene rings is 1. The fraction of sp³-hybridized carbons (Fsp3) is 0. The summed E-state index contributed by atoms with van der Waals surface area (Å²) in [5, 5.41) is 0. The Morgan fingerprint density at radius 3 is 2.55 bits per heavy atom. The molecule has 11 heavy (non-hydrogen) atoms. The molecular weight excluding hydrogens is 145 g/mol. The summed E-state index contributed by atoms with van der Waals surface area (Å²) < 4.78 is 25.3. The Hall–Kier alpha value is -1.12. The molecule has 1 rings (SSSR count). The number of hydrogen-bond donors (Lipinski definition) is 0. The van der Waals surface area contributed by atoms with E-state index in [9.17, 15) is 8.78 Å². The van der Waals surface area contributed by atoms with Crippen molar-refractivity contribution in [1.29, 1.82) is 0 Å². The topological polar surface area (TPSA) is 0 Å². The van der Waals surface area contributed by atoms with Crippen molar-refractivity contribution in [3.63, 3.8) is 0 Å². The molecule has 1 aromatic rings. The van der Waals surface area contributed by atoms with Gasteiger partial charge in [0, 0.05) is 5.56 Å². The molecule has 0 bridgehead atoms. The standard InChI is InChI=1S/C8H5BF2/c1-2-5-3-4-6(10)7(9)8(5)11/h2-4H,1H2. The monoisotopic (exact) mass is 150 g/mol. The lowest BCUT2D eigenvalue weighted by molar-refractivity contribution is 0.596. The van der Waals surface area contributed by atoms with E-state index >= 15 is 0 Å². The first-order chi connectivity index (χ1) is 5.16. The lowest BCUT2D eigenvalue weighted by atomic mass is 9.92. The zero-order valence-corrected chi connectivity index (χ0v) is 5.77. The lowest BCUT2D eigenvalue weighted by Gasteiger charge is -2.01. The highest BCUT2D eigenvalue weighted by Crippen LogP contribution is 2.06. The van der Waals surface area contributed by atoms with Gasteiger partial charge in [-0.05, 0) is 17.6 Å². The average Bonchev–Trinajstić information content (AvgIpc) is 2.01. The summed E-state index contributed by atoms with van der Waals surface area (Å²) in [5.74, 6) is -1.49. The van der Waals surface area contributed by atoms with Gasteiger partial charge in [-0.1, -0.05) is 12.7 Å². The highest BCUT2D eigenvalue weighted by Gasteiger charge is 2.05. The van der Waals surface area contributed by atoms with Gasteiger partial charge in [0.1, 0.15) is 19.5 Å². The van der Waals surface area contributed by atoms with Gasteiger partial charge in [-0.15, -0.1) is 0 Å². The van der Waals surface area contributed by atoms with Crippen molar-refractivity contribution >= 4 is 19.4 Å². The second kappa shape index (κ2) is 2.87. The summed E-state index contributed by atoms with van der Waals surface area (Å²) in [5.41, 5.74) is -0.244. The molecule has 0 spiro atoms.